The van der Waals surface area contributed by atoms with Crippen LogP contribution >= 0.6 is 11.6 Å². The Labute approximate surface area is 212 Å². The second kappa shape index (κ2) is 11.5. The predicted octanol–water partition coefficient (Wildman–Crippen LogP) is 4.44. The molecule has 0 saturated carbocycles. The van der Waals surface area contributed by atoms with Crippen molar-refractivity contribution in [1.29, 1.82) is 0 Å². The Morgan fingerprint density at radius 3 is 2.50 bits per heavy atom. The Bertz CT molecular complexity index is 1070. The highest BCUT2D eigenvalue weighted by atomic mass is 35.5. The van der Waals surface area contributed by atoms with Crippen LogP contribution in [0.1, 0.15) is 22.3 Å². The number of rotatable bonds is 4. The van der Waals surface area contributed by atoms with Gasteiger partial charge in [-0.25, -0.2) is 4.79 Å². The van der Waals surface area contributed by atoms with Crippen LogP contribution in [0.3, 0.4) is 0 Å². The van der Waals surface area contributed by atoms with Crippen LogP contribution in [0.4, 0.5) is 23.7 Å². The molecule has 2 aromatic carbocycles. The number of hydrogen-bond acceptors (Lipinski definition) is 4. The lowest BCUT2D eigenvalue weighted by molar-refractivity contribution is -0.137. The van der Waals surface area contributed by atoms with E-state index in [1.165, 1.54) is 12.1 Å². The smallest absolute Gasteiger partial charge is 0.373 e. The molecule has 194 valence electrons. The van der Waals surface area contributed by atoms with E-state index < -0.39 is 11.7 Å². The van der Waals surface area contributed by atoms with Crippen molar-refractivity contribution in [3.63, 3.8) is 0 Å². The molecule has 0 bridgehead atoms. The first-order valence-corrected chi connectivity index (χ1v) is 12.2. The molecule has 1 atom stereocenters. The molecule has 0 aromatic heterocycles. The first-order chi connectivity index (χ1) is 17.2. The van der Waals surface area contributed by atoms with Crippen LogP contribution in [0.15, 0.2) is 48.5 Å². The van der Waals surface area contributed by atoms with Crippen molar-refractivity contribution in [3.8, 4) is 0 Å². The van der Waals surface area contributed by atoms with Crippen molar-refractivity contribution in [1.82, 2.24) is 14.7 Å². The number of amides is 3. The maximum absolute atomic E-state index is 12.8. The second-order valence-corrected chi connectivity index (χ2v) is 9.34. The minimum Gasteiger partial charge on any atom is -0.373 e. The van der Waals surface area contributed by atoms with Gasteiger partial charge in [0, 0.05) is 55.5 Å². The molecule has 2 saturated heterocycles. The Kier molecular flexibility index (Phi) is 8.38. The first kappa shape index (κ1) is 26.2. The lowest BCUT2D eigenvalue weighted by Gasteiger charge is -2.35. The molecule has 0 unspecified atom stereocenters. The molecule has 4 rings (SSSR count). The third-order valence-corrected chi connectivity index (χ3v) is 6.53. The van der Waals surface area contributed by atoms with Gasteiger partial charge in [0.1, 0.15) is 0 Å². The number of morpholine rings is 1. The molecule has 0 spiro atoms. The highest BCUT2D eigenvalue weighted by Crippen LogP contribution is 2.29. The summed E-state index contributed by atoms with van der Waals surface area (Å²) in [6.07, 6.45) is -3.86. The van der Waals surface area contributed by atoms with E-state index in [1.807, 2.05) is 0 Å². The molecule has 1 N–H and O–H groups in total. The van der Waals surface area contributed by atoms with Crippen LogP contribution in [-0.4, -0.2) is 85.2 Å². The lowest BCUT2D eigenvalue weighted by Crippen LogP contribution is -2.51. The number of carbonyl (C=O) groups is 2. The van der Waals surface area contributed by atoms with E-state index in [1.54, 1.807) is 34.1 Å². The van der Waals surface area contributed by atoms with Gasteiger partial charge in [-0.2, -0.15) is 13.2 Å². The molecule has 0 aliphatic carbocycles. The van der Waals surface area contributed by atoms with Crippen molar-refractivity contribution >= 4 is 29.2 Å². The monoisotopic (exact) mass is 524 g/mol. The van der Waals surface area contributed by atoms with E-state index in [2.05, 4.69) is 10.2 Å². The van der Waals surface area contributed by atoms with Crippen molar-refractivity contribution in [2.24, 2.45) is 0 Å². The molecule has 2 aromatic rings. The number of nitrogens with one attached hydrogen (secondary N) is 1. The van der Waals surface area contributed by atoms with Crippen LogP contribution in [-0.2, 0) is 10.9 Å². The Morgan fingerprint density at radius 1 is 1.00 bits per heavy atom. The third kappa shape index (κ3) is 6.89. The Balaban J connectivity index is 1.27. The van der Waals surface area contributed by atoms with Crippen LogP contribution < -0.4 is 5.32 Å². The number of halogens is 4. The van der Waals surface area contributed by atoms with Crippen LogP contribution in [0.25, 0.3) is 0 Å². The van der Waals surface area contributed by atoms with Gasteiger partial charge in [-0.05, 0) is 55.4 Å². The van der Waals surface area contributed by atoms with Crippen LogP contribution in [0.2, 0.25) is 5.02 Å². The number of carbonyl (C=O) groups excluding carboxylic acids is 2. The van der Waals surface area contributed by atoms with E-state index in [0.717, 1.165) is 25.1 Å². The largest absolute Gasteiger partial charge is 0.416 e. The number of anilines is 1. The number of benzene rings is 2. The van der Waals surface area contributed by atoms with E-state index in [9.17, 15) is 22.8 Å². The summed E-state index contributed by atoms with van der Waals surface area (Å²) in [6, 6.07) is 11.1. The van der Waals surface area contributed by atoms with Gasteiger partial charge in [0.05, 0.1) is 18.3 Å². The molecule has 0 radical (unpaired) electrons. The molecule has 7 nitrogen and oxygen atoms in total. The van der Waals surface area contributed by atoms with E-state index >= 15 is 0 Å². The van der Waals surface area contributed by atoms with E-state index in [0.29, 0.717) is 56.6 Å². The zero-order valence-corrected chi connectivity index (χ0v) is 20.4. The zero-order valence-electron chi connectivity index (χ0n) is 19.6. The van der Waals surface area contributed by atoms with Crippen molar-refractivity contribution in [2.75, 3.05) is 57.7 Å². The van der Waals surface area contributed by atoms with E-state index in [-0.39, 0.29) is 23.6 Å². The van der Waals surface area contributed by atoms with Gasteiger partial charge in [0.2, 0.25) is 0 Å². The molecular weight excluding hydrogens is 497 g/mol. The van der Waals surface area contributed by atoms with Gasteiger partial charge < -0.3 is 19.9 Å². The fourth-order valence-electron chi connectivity index (χ4n) is 4.41. The fraction of sp³-hybridized carbons (Fsp3) is 0.440. The van der Waals surface area contributed by atoms with Gasteiger partial charge in [-0.3, -0.25) is 9.69 Å². The average molecular weight is 525 g/mol. The Morgan fingerprint density at radius 2 is 1.78 bits per heavy atom. The average Bonchev–Trinajstić information content (AvgIpc) is 3.09. The Hall–Kier alpha value is -2.82. The topological polar surface area (TPSA) is 65.1 Å². The lowest BCUT2D eigenvalue weighted by atomic mass is 10.1. The number of urea groups is 1. The molecule has 3 amide bonds. The first-order valence-electron chi connectivity index (χ1n) is 11.8. The minimum absolute atomic E-state index is 0.166. The number of alkyl halides is 3. The summed E-state index contributed by atoms with van der Waals surface area (Å²) in [5.74, 6) is -0.275. The van der Waals surface area contributed by atoms with E-state index in [4.69, 9.17) is 16.3 Å². The maximum Gasteiger partial charge on any atom is 0.416 e. The molecule has 2 aliphatic heterocycles. The van der Waals surface area contributed by atoms with Gasteiger partial charge in [-0.1, -0.05) is 17.7 Å². The highest BCUT2D eigenvalue weighted by molar-refractivity contribution is 6.30. The summed E-state index contributed by atoms with van der Waals surface area (Å²) < 4.78 is 44.3. The summed E-state index contributed by atoms with van der Waals surface area (Å²) in [7, 11) is 0. The fourth-order valence-corrected chi connectivity index (χ4v) is 4.60. The number of nitrogens with zero attached hydrogens (tertiary/aromatic N) is 3. The van der Waals surface area contributed by atoms with Gasteiger partial charge in [0.25, 0.3) is 5.91 Å². The van der Waals surface area contributed by atoms with Crippen LogP contribution in [0.5, 0.6) is 0 Å². The van der Waals surface area contributed by atoms with Crippen molar-refractivity contribution in [2.45, 2.75) is 18.7 Å². The SMILES string of the molecule is O=C(Nc1cccc(Cl)c1)N1CCO[C@@H](CN2CCCN(C(=O)c3ccc(C(F)(F)F)cc3)CC2)C1. The minimum atomic E-state index is -4.43. The van der Waals surface area contributed by atoms with Crippen LogP contribution in [0, 0.1) is 0 Å². The predicted molar refractivity (Wildman–Crippen MR) is 130 cm³/mol. The van der Waals surface area contributed by atoms with Crippen molar-refractivity contribution < 1.29 is 27.5 Å². The van der Waals surface area contributed by atoms with Gasteiger partial charge in [0.15, 0.2) is 0 Å². The molecule has 11 heteroatoms. The molecular formula is C25H28ClF3N4O3. The summed E-state index contributed by atoms with van der Waals surface area (Å²) in [6.45, 7) is 4.33. The summed E-state index contributed by atoms with van der Waals surface area (Å²) in [5.41, 5.74) is 0.0955. The molecule has 2 heterocycles. The zero-order chi connectivity index (χ0) is 25.7. The van der Waals surface area contributed by atoms with Gasteiger partial charge in [-0.15, -0.1) is 0 Å². The molecule has 36 heavy (non-hydrogen) atoms. The number of hydrogen-bond donors (Lipinski definition) is 1. The highest BCUT2D eigenvalue weighted by Gasteiger charge is 2.31. The maximum atomic E-state index is 12.8. The van der Waals surface area contributed by atoms with Crippen molar-refractivity contribution in [3.05, 3.63) is 64.7 Å². The van der Waals surface area contributed by atoms with Gasteiger partial charge >= 0.3 is 12.2 Å². The standard InChI is InChI=1S/C25H28ClF3N4O3/c26-20-3-1-4-21(15-20)30-24(35)33-13-14-36-22(17-33)16-31-9-2-10-32(12-11-31)23(34)18-5-7-19(8-6-18)25(27,28)29/h1,3-8,15,22H,2,9-14,16-17H2,(H,30,35)/t22-/m0/s1. The summed E-state index contributed by atoms with van der Waals surface area (Å²) in [5, 5.41) is 3.40. The molecule has 2 aliphatic rings. The second-order valence-electron chi connectivity index (χ2n) is 8.90. The number of ether oxygens (including phenoxy) is 1. The molecule has 2 fully saturated rings. The summed E-state index contributed by atoms with van der Waals surface area (Å²) in [4.78, 5) is 31.1. The normalized spacial score (nSPS) is 19.6. The quantitative estimate of drug-likeness (QED) is 0.642. The summed E-state index contributed by atoms with van der Waals surface area (Å²) >= 11 is 5.99. The third-order valence-electron chi connectivity index (χ3n) is 6.30.